The van der Waals surface area contributed by atoms with Crippen LogP contribution in [0.2, 0.25) is 0 Å². The Hall–Kier alpha value is -1.95. The van der Waals surface area contributed by atoms with Crippen LogP contribution in [0.1, 0.15) is 56.4 Å². The van der Waals surface area contributed by atoms with Crippen LogP contribution >= 0.6 is 0 Å². The number of carbonyl (C=O) groups is 2. The van der Waals surface area contributed by atoms with E-state index in [0.717, 1.165) is 58.0 Å². The second-order valence-corrected chi connectivity index (χ2v) is 9.31. The van der Waals surface area contributed by atoms with Crippen molar-refractivity contribution in [1.29, 1.82) is 0 Å². The molecule has 6 rings (SSSR count). The van der Waals surface area contributed by atoms with Crippen LogP contribution in [0, 0.1) is 11.3 Å². The highest BCUT2D eigenvalue weighted by molar-refractivity contribution is 5.89. The molecule has 2 amide bonds. The van der Waals surface area contributed by atoms with Gasteiger partial charge < -0.3 is 15.0 Å². The number of hydrogen-bond donors (Lipinski definition) is 1. The third kappa shape index (κ3) is 3.02. The Morgan fingerprint density at radius 3 is 2.32 bits per heavy atom. The summed E-state index contributed by atoms with van der Waals surface area (Å²) < 4.78 is 5.35. The Labute approximate surface area is 166 Å². The van der Waals surface area contributed by atoms with E-state index >= 15 is 0 Å². The smallest absolute Gasteiger partial charge is 0.229 e. The van der Waals surface area contributed by atoms with Gasteiger partial charge in [0.05, 0.1) is 5.41 Å². The first-order chi connectivity index (χ1) is 13.6. The molecule has 1 aromatic rings. The van der Waals surface area contributed by atoms with E-state index in [9.17, 15) is 9.59 Å². The highest BCUT2D eigenvalue weighted by atomic mass is 16.5. The van der Waals surface area contributed by atoms with Gasteiger partial charge in [-0.05, 0) is 68.6 Å². The molecular formula is C22H29N3O3. The minimum Gasteiger partial charge on any atom is -0.381 e. The predicted molar refractivity (Wildman–Crippen MR) is 103 cm³/mol. The average Bonchev–Trinajstić information content (AvgIpc) is 2.70. The van der Waals surface area contributed by atoms with Crippen LogP contribution in [0.15, 0.2) is 24.5 Å². The molecule has 2 aliphatic heterocycles. The van der Waals surface area contributed by atoms with Crippen LogP contribution in [0.3, 0.4) is 0 Å². The van der Waals surface area contributed by atoms with Crippen LogP contribution in [0.4, 0.5) is 0 Å². The third-order valence-electron chi connectivity index (χ3n) is 7.42. The highest BCUT2D eigenvalue weighted by Crippen LogP contribution is 2.68. The molecule has 2 bridgehead atoms. The number of carbonyl (C=O) groups excluding carboxylic acids is 2. The zero-order valence-electron chi connectivity index (χ0n) is 16.4. The van der Waals surface area contributed by atoms with Gasteiger partial charge in [0.1, 0.15) is 0 Å². The van der Waals surface area contributed by atoms with Crippen molar-refractivity contribution in [2.24, 2.45) is 11.3 Å². The molecule has 0 spiro atoms. The predicted octanol–water partition coefficient (Wildman–Crippen LogP) is 2.25. The fourth-order valence-corrected chi connectivity index (χ4v) is 5.86. The van der Waals surface area contributed by atoms with Crippen LogP contribution in [-0.2, 0) is 14.3 Å². The summed E-state index contributed by atoms with van der Waals surface area (Å²) in [5, 5.41) is 3.27. The molecule has 1 aromatic heterocycles. The number of likely N-dealkylation sites (tertiary alicyclic amines) is 1. The van der Waals surface area contributed by atoms with E-state index in [-0.39, 0.29) is 22.8 Å². The largest absolute Gasteiger partial charge is 0.381 e. The van der Waals surface area contributed by atoms with Gasteiger partial charge in [-0.1, -0.05) is 0 Å². The van der Waals surface area contributed by atoms with E-state index in [1.165, 1.54) is 5.56 Å². The Bertz CT molecular complexity index is 732. The summed E-state index contributed by atoms with van der Waals surface area (Å²) in [6.45, 7) is 3.05. The van der Waals surface area contributed by atoms with Gasteiger partial charge in [-0.25, -0.2) is 0 Å². The zero-order valence-corrected chi connectivity index (χ0v) is 16.4. The normalized spacial score (nSPS) is 32.9. The molecule has 5 fully saturated rings. The molecule has 0 radical (unpaired) electrons. The molecule has 150 valence electrons. The van der Waals surface area contributed by atoms with Gasteiger partial charge in [-0.15, -0.1) is 0 Å². The molecule has 0 unspecified atom stereocenters. The summed E-state index contributed by atoms with van der Waals surface area (Å²) >= 11 is 0. The summed E-state index contributed by atoms with van der Waals surface area (Å²) in [5.74, 6) is 1.11. The van der Waals surface area contributed by atoms with Gasteiger partial charge in [0.15, 0.2) is 0 Å². The van der Waals surface area contributed by atoms with Crippen molar-refractivity contribution in [2.45, 2.75) is 56.4 Å². The number of rotatable bonds is 4. The van der Waals surface area contributed by atoms with E-state index in [1.54, 1.807) is 0 Å². The molecule has 3 aliphatic carbocycles. The first kappa shape index (κ1) is 18.1. The summed E-state index contributed by atoms with van der Waals surface area (Å²) in [4.78, 5) is 31.8. The Morgan fingerprint density at radius 2 is 1.68 bits per heavy atom. The lowest BCUT2D eigenvalue weighted by atomic mass is 9.38. The first-order valence-corrected chi connectivity index (χ1v) is 10.7. The number of hydrogen-bond acceptors (Lipinski definition) is 4. The molecule has 5 aliphatic rings. The Balaban J connectivity index is 1.11. The van der Waals surface area contributed by atoms with Gasteiger partial charge in [0.25, 0.3) is 0 Å². The number of amides is 2. The zero-order chi connectivity index (χ0) is 19.2. The van der Waals surface area contributed by atoms with E-state index in [1.807, 2.05) is 12.4 Å². The minimum atomic E-state index is -0.188. The molecule has 0 atom stereocenters. The second kappa shape index (κ2) is 6.83. The molecule has 6 nitrogen and oxygen atoms in total. The summed E-state index contributed by atoms with van der Waals surface area (Å²) in [7, 11) is 0. The quantitative estimate of drug-likeness (QED) is 0.866. The summed E-state index contributed by atoms with van der Waals surface area (Å²) in [5.41, 5.74) is 1.05. The fourth-order valence-electron chi connectivity index (χ4n) is 5.86. The lowest BCUT2D eigenvalue weighted by Crippen LogP contribution is -2.79. The molecule has 3 saturated carbocycles. The number of nitrogens with zero attached hydrogens (tertiary/aromatic N) is 2. The molecule has 28 heavy (non-hydrogen) atoms. The molecule has 3 heterocycles. The number of aromatic nitrogens is 1. The molecule has 6 heteroatoms. The highest BCUT2D eigenvalue weighted by Gasteiger charge is 2.72. The summed E-state index contributed by atoms with van der Waals surface area (Å²) in [6, 6.07) is 4.18. The number of nitrogens with one attached hydrogen (secondary N) is 1. The number of pyridine rings is 1. The topological polar surface area (TPSA) is 71.5 Å². The maximum atomic E-state index is 13.1. The van der Waals surface area contributed by atoms with E-state index in [2.05, 4.69) is 27.3 Å². The lowest BCUT2D eigenvalue weighted by molar-refractivity contribution is -0.195. The maximum absolute atomic E-state index is 13.1. The molecular weight excluding hydrogens is 354 g/mol. The molecule has 0 aromatic carbocycles. The summed E-state index contributed by atoms with van der Waals surface area (Å²) in [6.07, 6.45) is 9.88. The van der Waals surface area contributed by atoms with Crippen molar-refractivity contribution >= 4 is 11.8 Å². The van der Waals surface area contributed by atoms with Crippen molar-refractivity contribution in [3.05, 3.63) is 30.1 Å². The maximum Gasteiger partial charge on any atom is 0.229 e. The van der Waals surface area contributed by atoms with Gasteiger partial charge >= 0.3 is 0 Å². The van der Waals surface area contributed by atoms with Crippen molar-refractivity contribution in [1.82, 2.24) is 15.2 Å². The van der Waals surface area contributed by atoms with Crippen molar-refractivity contribution < 1.29 is 14.3 Å². The Morgan fingerprint density at radius 1 is 1.04 bits per heavy atom. The molecule has 1 N–H and O–H groups in total. The van der Waals surface area contributed by atoms with Crippen LogP contribution in [-0.4, -0.2) is 53.5 Å². The van der Waals surface area contributed by atoms with E-state index < -0.39 is 0 Å². The van der Waals surface area contributed by atoms with Crippen LogP contribution < -0.4 is 5.32 Å². The lowest BCUT2D eigenvalue weighted by Gasteiger charge is -2.70. The monoisotopic (exact) mass is 383 g/mol. The van der Waals surface area contributed by atoms with Crippen LogP contribution in [0.5, 0.6) is 0 Å². The SMILES string of the molecule is O=C(NC12CC(C(=O)N3CCC(c4ccncc4)CC3)(C1)C2)C1CCOCC1. The van der Waals surface area contributed by atoms with Gasteiger partial charge in [-0.2, -0.15) is 0 Å². The second-order valence-electron chi connectivity index (χ2n) is 9.31. The van der Waals surface area contributed by atoms with Gasteiger partial charge in [-0.3, -0.25) is 14.6 Å². The third-order valence-corrected chi connectivity index (χ3v) is 7.42. The minimum absolute atomic E-state index is 0.0849. The van der Waals surface area contributed by atoms with Gasteiger partial charge in [0, 0.05) is 50.2 Å². The van der Waals surface area contributed by atoms with Crippen molar-refractivity contribution in [3.8, 4) is 0 Å². The molecule has 2 saturated heterocycles. The number of ether oxygens (including phenoxy) is 1. The Kier molecular flexibility index (Phi) is 4.42. The number of piperidine rings is 1. The standard InChI is InChI=1S/C22H29N3O3/c26-19(18-5-11-28-12-6-18)24-22-13-21(14-22,15-22)20(27)25-9-3-17(4-10-25)16-1-7-23-8-2-16/h1-2,7-8,17-18H,3-6,9-15H2,(H,24,26). The average molecular weight is 383 g/mol. The van der Waals surface area contributed by atoms with Crippen molar-refractivity contribution in [3.63, 3.8) is 0 Å². The van der Waals surface area contributed by atoms with Crippen LogP contribution in [0.25, 0.3) is 0 Å². The van der Waals surface area contributed by atoms with E-state index in [0.29, 0.717) is 25.0 Å². The van der Waals surface area contributed by atoms with E-state index in [4.69, 9.17) is 4.74 Å². The van der Waals surface area contributed by atoms with Gasteiger partial charge in [0.2, 0.25) is 11.8 Å². The van der Waals surface area contributed by atoms with Crippen molar-refractivity contribution in [2.75, 3.05) is 26.3 Å². The fraction of sp³-hybridized carbons (Fsp3) is 0.682. The first-order valence-electron chi connectivity index (χ1n) is 10.7.